The molecular formula is C24H27N3OS. The smallest absolute Gasteiger partial charge is 0.233 e. The predicted molar refractivity (Wildman–Crippen MR) is 120 cm³/mol. The van der Waals surface area contributed by atoms with E-state index in [0.717, 1.165) is 46.4 Å². The first kappa shape index (κ1) is 19.9. The van der Waals surface area contributed by atoms with Crippen molar-refractivity contribution in [1.82, 2.24) is 15.1 Å². The second kappa shape index (κ2) is 9.40. The van der Waals surface area contributed by atoms with Crippen LogP contribution in [0.1, 0.15) is 39.0 Å². The van der Waals surface area contributed by atoms with E-state index in [1.165, 1.54) is 31.0 Å². The fourth-order valence-corrected chi connectivity index (χ4v) is 5.10. The quantitative estimate of drug-likeness (QED) is 0.503. The highest BCUT2D eigenvalue weighted by Crippen LogP contribution is 2.32. The lowest BCUT2D eigenvalue weighted by atomic mass is 9.94. The zero-order valence-electron chi connectivity index (χ0n) is 16.9. The number of thioether (sulfide) groups is 1. The number of nitrogens with zero attached hydrogens (tertiary/aromatic N) is 3. The highest BCUT2D eigenvalue weighted by Gasteiger charge is 2.24. The Balaban J connectivity index is 1.55. The van der Waals surface area contributed by atoms with Gasteiger partial charge in [-0.2, -0.15) is 0 Å². The zero-order chi connectivity index (χ0) is 20.1. The number of hydrogen-bond donors (Lipinski definition) is 0. The Labute approximate surface area is 176 Å². The molecule has 5 heteroatoms. The van der Waals surface area contributed by atoms with Crippen LogP contribution in [0, 0.1) is 0 Å². The monoisotopic (exact) mass is 405 g/mol. The molecule has 0 unspecified atom stereocenters. The van der Waals surface area contributed by atoms with E-state index >= 15 is 0 Å². The molecule has 0 radical (unpaired) electrons. The Morgan fingerprint density at radius 2 is 1.66 bits per heavy atom. The molecule has 2 aromatic carbocycles. The minimum Gasteiger partial charge on any atom is -0.339 e. The molecule has 1 heterocycles. The van der Waals surface area contributed by atoms with Gasteiger partial charge in [0.25, 0.3) is 0 Å². The molecule has 3 aromatic rings. The normalized spacial score (nSPS) is 14.8. The standard InChI is InChI=1S/C24H27N3OS/c1-2-27(19-13-7-4-8-14-19)22(28)17-29-24-21-16-10-9-15-20(21)23(25-26-24)18-11-5-3-6-12-18/h3,5-6,9-12,15-16,19H,2,4,7-8,13-14,17H2,1H3. The molecule has 1 fully saturated rings. The number of fused-ring (bicyclic) bond motifs is 1. The van der Waals surface area contributed by atoms with E-state index in [1.54, 1.807) is 0 Å². The number of amides is 1. The Hall–Kier alpha value is -2.40. The summed E-state index contributed by atoms with van der Waals surface area (Å²) >= 11 is 1.50. The predicted octanol–water partition coefficient (Wildman–Crippen LogP) is 5.57. The second-order valence-corrected chi connectivity index (χ2v) is 8.49. The van der Waals surface area contributed by atoms with Crippen molar-refractivity contribution >= 4 is 28.4 Å². The number of hydrogen-bond acceptors (Lipinski definition) is 4. The number of aromatic nitrogens is 2. The van der Waals surface area contributed by atoms with Crippen molar-refractivity contribution < 1.29 is 4.79 Å². The lowest BCUT2D eigenvalue weighted by Gasteiger charge is -2.33. The van der Waals surface area contributed by atoms with E-state index in [-0.39, 0.29) is 5.91 Å². The molecule has 0 spiro atoms. The third kappa shape index (κ3) is 4.45. The van der Waals surface area contributed by atoms with Crippen LogP contribution in [0.5, 0.6) is 0 Å². The van der Waals surface area contributed by atoms with Gasteiger partial charge in [-0.3, -0.25) is 4.79 Å². The van der Waals surface area contributed by atoms with Crippen molar-refractivity contribution in [1.29, 1.82) is 0 Å². The van der Waals surface area contributed by atoms with Crippen molar-refractivity contribution in [2.45, 2.75) is 50.1 Å². The molecule has 0 bridgehead atoms. The van der Waals surface area contributed by atoms with Crippen LogP contribution in [0.2, 0.25) is 0 Å². The minimum atomic E-state index is 0.211. The summed E-state index contributed by atoms with van der Waals surface area (Å²) in [6, 6.07) is 18.7. The summed E-state index contributed by atoms with van der Waals surface area (Å²) < 4.78 is 0. The summed E-state index contributed by atoms with van der Waals surface area (Å²) in [5.41, 5.74) is 1.94. The molecule has 0 atom stereocenters. The van der Waals surface area contributed by atoms with Crippen molar-refractivity contribution in [2.75, 3.05) is 12.3 Å². The molecule has 1 aliphatic carbocycles. The van der Waals surface area contributed by atoms with E-state index in [9.17, 15) is 4.79 Å². The van der Waals surface area contributed by atoms with Crippen molar-refractivity contribution in [3.63, 3.8) is 0 Å². The van der Waals surface area contributed by atoms with Gasteiger partial charge in [0, 0.05) is 28.9 Å². The van der Waals surface area contributed by atoms with Crippen LogP contribution in [-0.4, -0.2) is 39.3 Å². The van der Waals surface area contributed by atoms with Gasteiger partial charge in [0.05, 0.1) is 5.75 Å². The second-order valence-electron chi connectivity index (χ2n) is 7.53. The summed E-state index contributed by atoms with van der Waals surface area (Å²) in [6.07, 6.45) is 6.04. The SMILES string of the molecule is CCN(C(=O)CSc1nnc(-c2ccccc2)c2ccccc12)C1CCCCC1. The van der Waals surface area contributed by atoms with Crippen molar-refractivity contribution in [2.24, 2.45) is 0 Å². The lowest BCUT2D eigenvalue weighted by Crippen LogP contribution is -2.42. The molecule has 1 saturated carbocycles. The molecule has 0 aliphatic heterocycles. The Morgan fingerprint density at radius 1 is 0.966 bits per heavy atom. The van der Waals surface area contributed by atoms with Gasteiger partial charge in [-0.05, 0) is 19.8 Å². The maximum absolute atomic E-state index is 12.9. The molecular weight excluding hydrogens is 378 g/mol. The summed E-state index contributed by atoms with van der Waals surface area (Å²) in [5, 5.41) is 12.0. The summed E-state index contributed by atoms with van der Waals surface area (Å²) in [7, 11) is 0. The molecule has 29 heavy (non-hydrogen) atoms. The molecule has 1 aromatic heterocycles. The molecule has 150 valence electrons. The average molecular weight is 406 g/mol. The Bertz CT molecular complexity index is 970. The molecule has 4 rings (SSSR count). The van der Waals surface area contributed by atoms with Gasteiger partial charge in [0.15, 0.2) is 0 Å². The fraction of sp³-hybridized carbons (Fsp3) is 0.375. The zero-order valence-corrected chi connectivity index (χ0v) is 17.7. The Morgan fingerprint density at radius 3 is 2.38 bits per heavy atom. The van der Waals surface area contributed by atoms with Gasteiger partial charge in [-0.25, -0.2) is 0 Å². The number of carbonyl (C=O) groups excluding carboxylic acids is 1. The molecule has 4 nitrogen and oxygen atoms in total. The van der Waals surface area contributed by atoms with Gasteiger partial charge in [0.2, 0.25) is 5.91 Å². The fourth-order valence-electron chi connectivity index (χ4n) is 4.24. The largest absolute Gasteiger partial charge is 0.339 e. The summed E-state index contributed by atoms with van der Waals surface area (Å²) in [5.74, 6) is 0.621. The van der Waals surface area contributed by atoms with Gasteiger partial charge in [-0.15, -0.1) is 10.2 Å². The van der Waals surface area contributed by atoms with E-state index in [2.05, 4.69) is 46.3 Å². The van der Waals surface area contributed by atoms with E-state index in [4.69, 9.17) is 0 Å². The van der Waals surface area contributed by atoms with Crippen LogP contribution in [0.3, 0.4) is 0 Å². The van der Waals surface area contributed by atoms with E-state index < -0.39 is 0 Å². The molecule has 0 N–H and O–H groups in total. The molecule has 0 saturated heterocycles. The van der Waals surface area contributed by atoms with Crippen LogP contribution in [0.15, 0.2) is 59.6 Å². The topological polar surface area (TPSA) is 46.1 Å². The average Bonchev–Trinajstić information content (AvgIpc) is 2.79. The maximum Gasteiger partial charge on any atom is 0.233 e. The van der Waals surface area contributed by atoms with Crippen LogP contribution in [-0.2, 0) is 4.79 Å². The van der Waals surface area contributed by atoms with Gasteiger partial charge >= 0.3 is 0 Å². The first-order valence-corrected chi connectivity index (χ1v) is 11.5. The maximum atomic E-state index is 12.9. The van der Waals surface area contributed by atoms with Gasteiger partial charge < -0.3 is 4.90 Å². The van der Waals surface area contributed by atoms with Crippen LogP contribution >= 0.6 is 11.8 Å². The highest BCUT2D eigenvalue weighted by molar-refractivity contribution is 8.00. The Kier molecular flexibility index (Phi) is 6.45. The van der Waals surface area contributed by atoms with Crippen LogP contribution in [0.25, 0.3) is 22.0 Å². The van der Waals surface area contributed by atoms with Gasteiger partial charge in [0.1, 0.15) is 10.7 Å². The minimum absolute atomic E-state index is 0.211. The van der Waals surface area contributed by atoms with Crippen LogP contribution in [0.4, 0.5) is 0 Å². The summed E-state index contributed by atoms with van der Waals surface area (Å²) in [4.78, 5) is 15.0. The van der Waals surface area contributed by atoms with Crippen molar-refractivity contribution in [3.8, 4) is 11.3 Å². The van der Waals surface area contributed by atoms with Crippen molar-refractivity contribution in [3.05, 3.63) is 54.6 Å². The van der Waals surface area contributed by atoms with Crippen LogP contribution < -0.4 is 0 Å². The lowest BCUT2D eigenvalue weighted by molar-refractivity contribution is -0.131. The number of carbonyl (C=O) groups is 1. The van der Waals surface area contributed by atoms with Gasteiger partial charge in [-0.1, -0.05) is 85.6 Å². The van der Waals surface area contributed by atoms with E-state index in [0.29, 0.717) is 11.8 Å². The van der Waals surface area contributed by atoms with E-state index in [1.807, 2.05) is 30.3 Å². The first-order valence-electron chi connectivity index (χ1n) is 10.5. The summed E-state index contributed by atoms with van der Waals surface area (Å²) in [6.45, 7) is 2.87. The first-order chi connectivity index (χ1) is 14.3. The molecule has 1 amide bonds. The molecule has 1 aliphatic rings. The number of rotatable bonds is 6. The highest BCUT2D eigenvalue weighted by atomic mass is 32.2. The third-order valence-electron chi connectivity index (χ3n) is 5.71. The third-order valence-corrected chi connectivity index (χ3v) is 6.68. The number of benzene rings is 2.